The van der Waals surface area contributed by atoms with Crippen LogP contribution in [0.15, 0.2) is 108 Å². The lowest BCUT2D eigenvalue weighted by Crippen LogP contribution is -2.35. The highest BCUT2D eigenvalue weighted by Gasteiger charge is 2.31. The van der Waals surface area contributed by atoms with Gasteiger partial charge in [0.15, 0.2) is 5.82 Å². The Morgan fingerprint density at radius 1 is 0.829 bits per heavy atom. The van der Waals surface area contributed by atoms with Crippen molar-refractivity contribution in [3.05, 3.63) is 153 Å². The lowest BCUT2D eigenvalue weighted by atomic mass is 9.99. The Bertz CT molecular complexity index is 1770. The largest absolute Gasteiger partial charge is 0.322 e. The van der Waals surface area contributed by atoms with Crippen molar-refractivity contribution in [3.63, 3.8) is 0 Å². The maximum absolute atomic E-state index is 13.9. The monoisotopic (exact) mass is 541 g/mol. The van der Waals surface area contributed by atoms with Crippen LogP contribution in [0.2, 0.25) is 0 Å². The van der Waals surface area contributed by atoms with E-state index in [4.69, 9.17) is 0 Å². The lowest BCUT2D eigenvalue weighted by molar-refractivity contribution is 0.194. The fourth-order valence-electron chi connectivity index (χ4n) is 5.25. The SMILES string of the molecule is Cc1cc2cc([C@H](c3nnnn3Cc3ccccc3)N(Cc3ccccc3)Cc3cccnc3)c(=O)[nH]c2cc1C. The first-order valence-corrected chi connectivity index (χ1v) is 13.7. The highest BCUT2D eigenvalue weighted by atomic mass is 16.1. The molecule has 3 aromatic heterocycles. The minimum Gasteiger partial charge on any atom is -0.322 e. The molecule has 1 atom stereocenters. The summed E-state index contributed by atoms with van der Waals surface area (Å²) in [7, 11) is 0. The van der Waals surface area contributed by atoms with Crippen molar-refractivity contribution in [1.82, 2.24) is 35.1 Å². The van der Waals surface area contributed by atoms with Crippen LogP contribution in [0.25, 0.3) is 10.9 Å². The molecular weight excluding hydrogens is 510 g/mol. The molecule has 0 aliphatic heterocycles. The summed E-state index contributed by atoms with van der Waals surface area (Å²) in [5.74, 6) is 0.599. The zero-order valence-electron chi connectivity index (χ0n) is 23.1. The molecule has 3 heterocycles. The Labute approximate surface area is 238 Å². The van der Waals surface area contributed by atoms with Crippen molar-refractivity contribution >= 4 is 10.9 Å². The third-order valence-corrected chi connectivity index (χ3v) is 7.46. The van der Waals surface area contributed by atoms with E-state index in [9.17, 15) is 4.79 Å². The van der Waals surface area contributed by atoms with Gasteiger partial charge in [-0.05, 0) is 81.7 Å². The number of rotatable bonds is 9. The molecule has 0 bridgehead atoms. The molecule has 0 unspecified atom stereocenters. The van der Waals surface area contributed by atoms with Crippen molar-refractivity contribution < 1.29 is 0 Å². The molecule has 0 saturated carbocycles. The van der Waals surface area contributed by atoms with Crippen molar-refractivity contribution in [3.8, 4) is 0 Å². The number of tetrazole rings is 1. The fourth-order valence-corrected chi connectivity index (χ4v) is 5.25. The second-order valence-corrected chi connectivity index (χ2v) is 10.4. The molecular formula is C33H31N7O. The summed E-state index contributed by atoms with van der Waals surface area (Å²) in [6.07, 6.45) is 3.63. The van der Waals surface area contributed by atoms with Gasteiger partial charge >= 0.3 is 0 Å². The molecule has 0 amide bonds. The molecule has 3 aromatic carbocycles. The van der Waals surface area contributed by atoms with Gasteiger partial charge < -0.3 is 4.98 Å². The average Bonchev–Trinajstić information content (AvgIpc) is 3.43. The highest BCUT2D eigenvalue weighted by molar-refractivity contribution is 5.81. The van der Waals surface area contributed by atoms with E-state index in [-0.39, 0.29) is 5.56 Å². The van der Waals surface area contributed by atoms with Gasteiger partial charge in [0.05, 0.1) is 6.54 Å². The van der Waals surface area contributed by atoms with Gasteiger partial charge in [-0.15, -0.1) is 5.10 Å². The van der Waals surface area contributed by atoms with Crippen molar-refractivity contribution in [2.45, 2.75) is 39.5 Å². The number of hydrogen-bond donors (Lipinski definition) is 1. The molecule has 0 spiro atoms. The number of nitrogens with zero attached hydrogens (tertiary/aromatic N) is 6. The van der Waals surface area contributed by atoms with Gasteiger partial charge in [-0.3, -0.25) is 14.7 Å². The fraction of sp³-hybridized carbons (Fsp3) is 0.182. The molecule has 0 aliphatic rings. The number of nitrogens with one attached hydrogen (secondary N) is 1. The average molecular weight is 542 g/mol. The van der Waals surface area contributed by atoms with Crippen LogP contribution in [0.3, 0.4) is 0 Å². The van der Waals surface area contributed by atoms with Crippen LogP contribution >= 0.6 is 0 Å². The molecule has 41 heavy (non-hydrogen) atoms. The number of hydrogen-bond acceptors (Lipinski definition) is 6. The predicted molar refractivity (Wildman–Crippen MR) is 159 cm³/mol. The lowest BCUT2D eigenvalue weighted by Gasteiger charge is -2.31. The maximum atomic E-state index is 13.9. The van der Waals surface area contributed by atoms with Gasteiger partial charge in [0.25, 0.3) is 5.56 Å². The smallest absolute Gasteiger partial charge is 0.253 e. The maximum Gasteiger partial charge on any atom is 0.253 e. The Kier molecular flexibility index (Phi) is 7.47. The van der Waals surface area contributed by atoms with E-state index >= 15 is 0 Å². The molecule has 6 rings (SSSR count). The molecule has 0 saturated heterocycles. The van der Waals surface area contributed by atoms with Gasteiger partial charge in [-0.1, -0.05) is 66.7 Å². The van der Waals surface area contributed by atoms with Crippen LogP contribution in [0.4, 0.5) is 0 Å². The molecule has 0 fully saturated rings. The first kappa shape index (κ1) is 26.3. The quantitative estimate of drug-likeness (QED) is 0.265. The summed E-state index contributed by atoms with van der Waals surface area (Å²) in [5, 5.41) is 14.0. The molecule has 204 valence electrons. The molecule has 0 radical (unpaired) electrons. The van der Waals surface area contributed by atoms with E-state index in [2.05, 4.69) is 62.4 Å². The molecule has 1 N–H and O–H groups in total. The van der Waals surface area contributed by atoms with E-state index in [1.807, 2.05) is 79.0 Å². The number of aromatic amines is 1. The minimum atomic E-state index is -0.538. The zero-order chi connectivity index (χ0) is 28.2. The van der Waals surface area contributed by atoms with Crippen LogP contribution in [0.5, 0.6) is 0 Å². The summed E-state index contributed by atoms with van der Waals surface area (Å²) < 4.78 is 1.80. The first-order chi connectivity index (χ1) is 20.0. The topological polar surface area (TPSA) is 92.6 Å². The number of aryl methyl sites for hydroxylation is 2. The summed E-state index contributed by atoms with van der Waals surface area (Å²) >= 11 is 0. The van der Waals surface area contributed by atoms with Gasteiger partial charge in [0, 0.05) is 36.6 Å². The van der Waals surface area contributed by atoms with Gasteiger partial charge in [-0.25, -0.2) is 4.68 Å². The van der Waals surface area contributed by atoms with Crippen LogP contribution < -0.4 is 5.56 Å². The van der Waals surface area contributed by atoms with E-state index < -0.39 is 6.04 Å². The Balaban J connectivity index is 1.54. The van der Waals surface area contributed by atoms with E-state index in [0.717, 1.165) is 38.7 Å². The highest BCUT2D eigenvalue weighted by Crippen LogP contribution is 2.30. The van der Waals surface area contributed by atoms with Gasteiger partial charge in [0.1, 0.15) is 6.04 Å². The zero-order valence-corrected chi connectivity index (χ0v) is 23.1. The normalized spacial score (nSPS) is 12.2. The number of aromatic nitrogens is 6. The third kappa shape index (κ3) is 5.83. The Morgan fingerprint density at radius 3 is 2.24 bits per heavy atom. The van der Waals surface area contributed by atoms with E-state index in [0.29, 0.717) is 31.0 Å². The predicted octanol–water partition coefficient (Wildman–Crippen LogP) is 5.37. The standard InChI is InChI=1S/C33H31N7O/c1-23-16-28-18-29(33(41)35-30(28)17-24(23)2)31(32-36-37-38-40(32)22-26-12-7-4-8-13-26)39(20-25-10-5-3-6-11-25)21-27-14-9-15-34-19-27/h3-19,31H,20-22H2,1-2H3,(H,35,41)/t31-/m1/s1. The van der Waals surface area contributed by atoms with E-state index in [1.54, 1.807) is 10.9 Å². The van der Waals surface area contributed by atoms with Gasteiger partial charge in [0.2, 0.25) is 0 Å². The van der Waals surface area contributed by atoms with Crippen LogP contribution in [0, 0.1) is 13.8 Å². The number of benzene rings is 3. The Morgan fingerprint density at radius 2 is 1.51 bits per heavy atom. The number of H-pyrrole nitrogens is 1. The van der Waals surface area contributed by atoms with Crippen LogP contribution in [0.1, 0.15) is 45.2 Å². The molecule has 0 aliphatic carbocycles. The molecule has 8 heteroatoms. The van der Waals surface area contributed by atoms with Crippen molar-refractivity contribution in [2.75, 3.05) is 0 Å². The van der Waals surface area contributed by atoms with E-state index in [1.165, 1.54) is 0 Å². The number of fused-ring (bicyclic) bond motifs is 1. The first-order valence-electron chi connectivity index (χ1n) is 13.7. The number of pyridine rings is 2. The Hall–Kier alpha value is -4.95. The summed E-state index contributed by atoms with van der Waals surface area (Å²) in [6.45, 7) is 5.73. The second kappa shape index (κ2) is 11.7. The second-order valence-electron chi connectivity index (χ2n) is 10.4. The van der Waals surface area contributed by atoms with Crippen molar-refractivity contribution in [2.24, 2.45) is 0 Å². The summed E-state index contributed by atoms with van der Waals surface area (Å²) in [5.41, 5.74) is 6.75. The molecule has 6 aromatic rings. The summed E-state index contributed by atoms with van der Waals surface area (Å²) in [6, 6.07) is 29.9. The minimum absolute atomic E-state index is 0.163. The van der Waals surface area contributed by atoms with Crippen LogP contribution in [-0.4, -0.2) is 35.1 Å². The van der Waals surface area contributed by atoms with Crippen LogP contribution in [-0.2, 0) is 19.6 Å². The summed E-state index contributed by atoms with van der Waals surface area (Å²) in [4.78, 5) is 23.6. The van der Waals surface area contributed by atoms with Gasteiger partial charge in [-0.2, -0.15) is 0 Å². The molecule has 8 nitrogen and oxygen atoms in total. The van der Waals surface area contributed by atoms with Crippen molar-refractivity contribution in [1.29, 1.82) is 0 Å². The third-order valence-electron chi connectivity index (χ3n) is 7.46.